The highest BCUT2D eigenvalue weighted by Crippen LogP contribution is 2.34. The molecule has 0 aromatic carbocycles. The summed E-state index contributed by atoms with van der Waals surface area (Å²) < 4.78 is 0. The first-order chi connectivity index (χ1) is 7.72. The second-order valence-electron chi connectivity index (χ2n) is 6.07. The number of hydrogen-bond acceptors (Lipinski definition) is 2. The molecule has 2 fully saturated rings. The molecule has 0 bridgehead atoms. The molecule has 2 aliphatic carbocycles. The molecule has 2 heteroatoms. The van der Waals surface area contributed by atoms with Crippen LogP contribution < -0.4 is 5.73 Å². The van der Waals surface area contributed by atoms with Crippen molar-refractivity contribution in [3.8, 4) is 0 Å². The van der Waals surface area contributed by atoms with Gasteiger partial charge in [0.05, 0.1) is 0 Å². The van der Waals surface area contributed by atoms with E-state index < -0.39 is 0 Å². The normalized spacial score (nSPS) is 33.8. The van der Waals surface area contributed by atoms with Gasteiger partial charge in [0.15, 0.2) is 0 Å². The minimum atomic E-state index is 0.651. The molecule has 0 spiro atoms. The Balaban J connectivity index is 1.88. The topological polar surface area (TPSA) is 29.3 Å². The standard InChI is InChI=1S/C14H28N2/c1-11-6-8-12(9-7-11)14(10-15)16(2)13-4-3-5-13/h11-14H,3-10,15H2,1-2H3. The van der Waals surface area contributed by atoms with E-state index in [4.69, 9.17) is 5.73 Å². The van der Waals surface area contributed by atoms with Crippen molar-refractivity contribution in [1.29, 1.82) is 0 Å². The van der Waals surface area contributed by atoms with Crippen molar-refractivity contribution in [1.82, 2.24) is 4.90 Å². The second-order valence-corrected chi connectivity index (χ2v) is 6.07. The van der Waals surface area contributed by atoms with Crippen LogP contribution in [0.5, 0.6) is 0 Å². The molecule has 0 saturated heterocycles. The van der Waals surface area contributed by atoms with Crippen molar-refractivity contribution >= 4 is 0 Å². The van der Waals surface area contributed by atoms with Crippen LogP contribution in [0, 0.1) is 11.8 Å². The van der Waals surface area contributed by atoms with Crippen molar-refractivity contribution in [3.05, 3.63) is 0 Å². The maximum Gasteiger partial charge on any atom is 0.0246 e. The van der Waals surface area contributed by atoms with Crippen LogP contribution in [0.3, 0.4) is 0 Å². The Morgan fingerprint density at radius 1 is 1.12 bits per heavy atom. The predicted octanol–water partition coefficient (Wildman–Crippen LogP) is 2.62. The summed E-state index contributed by atoms with van der Waals surface area (Å²) in [6.07, 6.45) is 9.86. The maximum absolute atomic E-state index is 6.01. The van der Waals surface area contributed by atoms with Crippen LogP contribution in [0.1, 0.15) is 51.9 Å². The van der Waals surface area contributed by atoms with E-state index in [1.807, 2.05) is 0 Å². The Bertz CT molecular complexity index is 205. The van der Waals surface area contributed by atoms with E-state index in [0.29, 0.717) is 6.04 Å². The minimum Gasteiger partial charge on any atom is -0.329 e. The average molecular weight is 224 g/mol. The van der Waals surface area contributed by atoms with Crippen LogP contribution in [0.25, 0.3) is 0 Å². The molecule has 0 amide bonds. The van der Waals surface area contributed by atoms with E-state index in [1.165, 1.54) is 44.9 Å². The van der Waals surface area contributed by atoms with Crippen molar-refractivity contribution < 1.29 is 0 Å². The second kappa shape index (κ2) is 5.50. The summed E-state index contributed by atoms with van der Waals surface area (Å²) in [4.78, 5) is 2.60. The van der Waals surface area contributed by atoms with Gasteiger partial charge in [-0.1, -0.05) is 26.2 Å². The third-order valence-electron chi connectivity index (χ3n) is 5.02. The quantitative estimate of drug-likeness (QED) is 0.795. The summed E-state index contributed by atoms with van der Waals surface area (Å²) in [7, 11) is 2.30. The van der Waals surface area contributed by atoms with Gasteiger partial charge in [0.1, 0.15) is 0 Å². The lowest BCUT2D eigenvalue weighted by atomic mass is 9.77. The van der Waals surface area contributed by atoms with Gasteiger partial charge in [-0.2, -0.15) is 0 Å². The minimum absolute atomic E-state index is 0.651. The largest absolute Gasteiger partial charge is 0.329 e. The van der Waals surface area contributed by atoms with Crippen molar-refractivity contribution in [3.63, 3.8) is 0 Å². The first kappa shape index (κ1) is 12.4. The summed E-state index contributed by atoms with van der Waals surface area (Å²) in [5, 5.41) is 0. The predicted molar refractivity (Wildman–Crippen MR) is 69.4 cm³/mol. The monoisotopic (exact) mass is 224 g/mol. The molecule has 0 aromatic heterocycles. The zero-order valence-corrected chi connectivity index (χ0v) is 11.0. The highest BCUT2D eigenvalue weighted by molar-refractivity contribution is 4.88. The zero-order chi connectivity index (χ0) is 11.5. The van der Waals surface area contributed by atoms with E-state index >= 15 is 0 Å². The van der Waals surface area contributed by atoms with Gasteiger partial charge in [0.25, 0.3) is 0 Å². The van der Waals surface area contributed by atoms with Gasteiger partial charge < -0.3 is 5.73 Å². The summed E-state index contributed by atoms with van der Waals surface area (Å²) in [6, 6.07) is 1.49. The molecule has 0 heterocycles. The van der Waals surface area contributed by atoms with Crippen LogP contribution in [0.2, 0.25) is 0 Å². The third-order valence-corrected chi connectivity index (χ3v) is 5.02. The fraction of sp³-hybridized carbons (Fsp3) is 1.00. The molecule has 0 radical (unpaired) electrons. The van der Waals surface area contributed by atoms with E-state index in [1.54, 1.807) is 0 Å². The van der Waals surface area contributed by atoms with Crippen molar-refractivity contribution in [2.45, 2.75) is 64.0 Å². The zero-order valence-electron chi connectivity index (χ0n) is 11.0. The third kappa shape index (κ3) is 2.60. The molecule has 0 aromatic rings. The Morgan fingerprint density at radius 3 is 2.19 bits per heavy atom. The number of nitrogens with two attached hydrogens (primary N) is 1. The van der Waals surface area contributed by atoms with Gasteiger partial charge in [0.2, 0.25) is 0 Å². The number of rotatable bonds is 4. The maximum atomic E-state index is 6.01. The van der Waals surface area contributed by atoms with Crippen LogP contribution in [-0.4, -0.2) is 30.6 Å². The van der Waals surface area contributed by atoms with Gasteiger partial charge in [-0.3, -0.25) is 4.90 Å². The Morgan fingerprint density at radius 2 is 1.75 bits per heavy atom. The summed E-state index contributed by atoms with van der Waals surface area (Å²) >= 11 is 0. The highest BCUT2D eigenvalue weighted by atomic mass is 15.2. The van der Waals surface area contributed by atoms with Crippen LogP contribution in [0.4, 0.5) is 0 Å². The van der Waals surface area contributed by atoms with Gasteiger partial charge in [-0.25, -0.2) is 0 Å². The Hall–Kier alpha value is -0.0800. The molecule has 2 rings (SSSR count). The average Bonchev–Trinajstić information content (AvgIpc) is 2.19. The van der Waals surface area contributed by atoms with E-state index in [9.17, 15) is 0 Å². The first-order valence-electron chi connectivity index (χ1n) is 7.14. The lowest BCUT2D eigenvalue weighted by molar-refractivity contribution is 0.0621. The number of nitrogens with zero attached hydrogens (tertiary/aromatic N) is 1. The molecule has 1 unspecified atom stereocenters. The Kier molecular flexibility index (Phi) is 4.26. The van der Waals surface area contributed by atoms with Crippen LogP contribution in [-0.2, 0) is 0 Å². The molecule has 2 nitrogen and oxygen atoms in total. The van der Waals surface area contributed by atoms with Gasteiger partial charge in [0, 0.05) is 18.6 Å². The summed E-state index contributed by atoms with van der Waals surface area (Å²) in [6.45, 7) is 3.25. The SMILES string of the molecule is CC1CCC(C(CN)N(C)C2CCC2)CC1. The highest BCUT2D eigenvalue weighted by Gasteiger charge is 2.32. The molecule has 1 atom stereocenters. The fourth-order valence-corrected chi connectivity index (χ4v) is 3.43. The van der Waals surface area contributed by atoms with Gasteiger partial charge in [-0.05, 0) is 44.6 Å². The number of likely N-dealkylation sites (N-methyl/N-ethyl adjacent to an activating group) is 1. The molecule has 16 heavy (non-hydrogen) atoms. The molecular formula is C14H28N2. The van der Waals surface area contributed by atoms with Crippen molar-refractivity contribution in [2.75, 3.05) is 13.6 Å². The molecule has 2 N–H and O–H groups in total. The van der Waals surface area contributed by atoms with Crippen LogP contribution in [0.15, 0.2) is 0 Å². The fourth-order valence-electron chi connectivity index (χ4n) is 3.43. The molecule has 94 valence electrons. The molecule has 2 saturated carbocycles. The number of hydrogen-bond donors (Lipinski definition) is 1. The lowest BCUT2D eigenvalue weighted by Crippen LogP contribution is -2.51. The van der Waals surface area contributed by atoms with E-state index in [0.717, 1.165) is 24.4 Å². The lowest BCUT2D eigenvalue weighted by Gasteiger charge is -2.44. The molecular weight excluding hydrogens is 196 g/mol. The van der Waals surface area contributed by atoms with E-state index in [2.05, 4.69) is 18.9 Å². The van der Waals surface area contributed by atoms with Gasteiger partial charge >= 0.3 is 0 Å². The molecule has 0 aliphatic heterocycles. The first-order valence-corrected chi connectivity index (χ1v) is 7.14. The van der Waals surface area contributed by atoms with Crippen LogP contribution >= 0.6 is 0 Å². The summed E-state index contributed by atoms with van der Waals surface area (Å²) in [5.41, 5.74) is 6.01. The van der Waals surface area contributed by atoms with Crippen molar-refractivity contribution in [2.24, 2.45) is 17.6 Å². The Labute approximate surface area is 101 Å². The smallest absolute Gasteiger partial charge is 0.0246 e. The summed E-state index contributed by atoms with van der Waals surface area (Å²) in [5.74, 6) is 1.82. The van der Waals surface area contributed by atoms with E-state index in [-0.39, 0.29) is 0 Å². The molecule has 2 aliphatic rings. The van der Waals surface area contributed by atoms with Gasteiger partial charge in [-0.15, -0.1) is 0 Å².